The Morgan fingerprint density at radius 3 is 2.24 bits per heavy atom. The zero-order chi connectivity index (χ0) is 34.7. The van der Waals surface area contributed by atoms with Crippen molar-refractivity contribution < 1.29 is 33.3 Å². The topological polar surface area (TPSA) is 154 Å². The first-order valence-corrected chi connectivity index (χ1v) is 15.7. The molecule has 10 nitrogen and oxygen atoms in total. The number of carbonyl (C=O) groups is 1. The van der Waals surface area contributed by atoms with Gasteiger partial charge in [0.2, 0.25) is 11.6 Å². The van der Waals surface area contributed by atoms with Gasteiger partial charge in [0.15, 0.2) is 22.1 Å². The number of nitrogen functional groups attached to an aromatic ring is 1. The molecule has 0 radical (unpaired) electrons. The van der Waals surface area contributed by atoms with E-state index in [0.29, 0.717) is 34.3 Å². The second-order valence-corrected chi connectivity index (χ2v) is 12.3. The van der Waals surface area contributed by atoms with E-state index in [1.165, 1.54) is 24.3 Å². The van der Waals surface area contributed by atoms with Crippen LogP contribution in [0.1, 0.15) is 28.4 Å². The van der Waals surface area contributed by atoms with Crippen molar-refractivity contribution in [2.45, 2.75) is 15.8 Å². The zero-order valence-electron chi connectivity index (χ0n) is 25.9. The molecule has 0 fully saturated rings. The van der Waals surface area contributed by atoms with Gasteiger partial charge in [0, 0.05) is 28.8 Å². The van der Waals surface area contributed by atoms with E-state index in [9.17, 15) is 15.0 Å². The molecule has 5 aromatic rings. The number of carboxylic acids is 1. The van der Waals surface area contributed by atoms with Crippen molar-refractivity contribution in [1.82, 2.24) is 9.88 Å². The number of nitrogens with one attached hydrogen (secondary N) is 1. The SMILES string of the molecule is CN1CC=NC1c1cc(SC(C(=O)O)(c2ccccc2)c2ccccc2)ccc1Oc1c(F)cnc(Oc2cc(C(=N)N)ccc2O)c1F. The summed E-state index contributed by atoms with van der Waals surface area (Å²) in [6.45, 7) is 0.493. The molecule has 13 heteroatoms. The maximum Gasteiger partial charge on any atom is 0.329 e. The van der Waals surface area contributed by atoms with Crippen LogP contribution in [0.3, 0.4) is 0 Å². The number of hydrogen-bond acceptors (Lipinski definition) is 9. The highest BCUT2D eigenvalue weighted by atomic mass is 32.2. The predicted octanol–water partition coefficient (Wildman–Crippen LogP) is 7.07. The Morgan fingerprint density at radius 2 is 1.65 bits per heavy atom. The van der Waals surface area contributed by atoms with Crippen molar-refractivity contribution in [3.8, 4) is 28.9 Å². The summed E-state index contributed by atoms with van der Waals surface area (Å²) in [6.07, 6.45) is 1.80. The second kappa shape index (κ2) is 13.7. The van der Waals surface area contributed by atoms with Crippen molar-refractivity contribution in [3.63, 3.8) is 0 Å². The summed E-state index contributed by atoms with van der Waals surface area (Å²) in [5.41, 5.74) is 7.23. The first-order valence-electron chi connectivity index (χ1n) is 14.8. The van der Waals surface area contributed by atoms with Gasteiger partial charge in [0.1, 0.15) is 17.8 Å². The summed E-state index contributed by atoms with van der Waals surface area (Å²) < 4.78 is 40.8. The number of phenols is 1. The molecule has 0 aliphatic carbocycles. The number of amidine groups is 1. The number of nitrogens with zero attached hydrogens (tertiary/aromatic N) is 3. The largest absolute Gasteiger partial charge is 0.504 e. The number of carboxylic acid groups (broad SMARTS) is 1. The Balaban J connectivity index is 1.41. The minimum absolute atomic E-state index is 0.0528. The lowest BCUT2D eigenvalue weighted by Crippen LogP contribution is -2.33. The van der Waals surface area contributed by atoms with Crippen LogP contribution in [-0.4, -0.2) is 51.7 Å². The molecule has 0 spiro atoms. The third-order valence-electron chi connectivity index (χ3n) is 7.81. The maximum absolute atomic E-state index is 15.8. The molecule has 6 rings (SSSR count). The molecule has 5 N–H and O–H groups in total. The maximum atomic E-state index is 15.8. The van der Waals surface area contributed by atoms with E-state index in [1.807, 2.05) is 24.1 Å². The van der Waals surface area contributed by atoms with E-state index < -0.39 is 40.1 Å². The molecule has 1 aromatic heterocycles. The fourth-order valence-electron chi connectivity index (χ4n) is 5.36. The van der Waals surface area contributed by atoms with Gasteiger partial charge in [-0.15, -0.1) is 0 Å². The highest BCUT2D eigenvalue weighted by Gasteiger charge is 2.44. The number of thioether (sulfide) groups is 1. The first-order chi connectivity index (χ1) is 23.6. The molecule has 0 saturated heterocycles. The lowest BCUT2D eigenvalue weighted by atomic mass is 9.90. The van der Waals surface area contributed by atoms with Crippen LogP contribution >= 0.6 is 11.8 Å². The Morgan fingerprint density at radius 1 is 0.980 bits per heavy atom. The lowest BCUT2D eigenvalue weighted by molar-refractivity contribution is -0.138. The standard InChI is InChI=1S/C36H29F2N5O5S/c1-43-17-16-41-33(43)25-19-24(49-36(35(45)46,22-8-4-2-5-9-22)23-10-6-3-7-11-23)13-15-28(25)47-31-26(37)20-42-34(30(31)38)48-29-18-21(32(39)40)12-14-27(29)44/h2-16,18-20,33,44H,17H2,1H3,(H3,39,40)(H,45,46). The number of nitrogens with two attached hydrogens (primary N) is 1. The molecular formula is C36H29F2N5O5S. The summed E-state index contributed by atoms with van der Waals surface area (Å²) in [7, 11) is 1.82. The molecule has 2 heterocycles. The monoisotopic (exact) mass is 681 g/mol. The molecule has 49 heavy (non-hydrogen) atoms. The number of benzene rings is 4. The number of ether oxygens (including phenoxy) is 2. The van der Waals surface area contributed by atoms with E-state index in [0.717, 1.165) is 11.8 Å². The van der Waals surface area contributed by atoms with Crippen molar-refractivity contribution in [1.29, 1.82) is 5.41 Å². The van der Waals surface area contributed by atoms with Crippen molar-refractivity contribution in [2.24, 2.45) is 10.7 Å². The first kappa shape index (κ1) is 33.1. The summed E-state index contributed by atoms with van der Waals surface area (Å²) in [4.78, 5) is 23.9. The van der Waals surface area contributed by atoms with Gasteiger partial charge in [-0.05, 0) is 54.6 Å². The number of phenolic OH excluding ortho intramolecular Hbond substituents is 1. The number of aromatic hydroxyl groups is 1. The molecule has 1 unspecified atom stereocenters. The van der Waals surface area contributed by atoms with Crippen LogP contribution in [0.4, 0.5) is 8.78 Å². The van der Waals surface area contributed by atoms with Crippen LogP contribution in [0.25, 0.3) is 0 Å². The van der Waals surface area contributed by atoms with Gasteiger partial charge < -0.3 is 25.4 Å². The van der Waals surface area contributed by atoms with Crippen LogP contribution in [0, 0.1) is 17.0 Å². The third-order valence-corrected chi connectivity index (χ3v) is 9.26. The van der Waals surface area contributed by atoms with Crippen molar-refractivity contribution in [2.75, 3.05) is 13.6 Å². The number of aliphatic carboxylic acids is 1. The third kappa shape index (κ3) is 6.53. The molecule has 248 valence electrons. The average Bonchev–Trinajstić information content (AvgIpc) is 3.54. The number of hydrogen-bond donors (Lipinski definition) is 4. The van der Waals surface area contributed by atoms with Crippen molar-refractivity contribution >= 4 is 29.8 Å². The van der Waals surface area contributed by atoms with Crippen molar-refractivity contribution in [3.05, 3.63) is 137 Å². The number of aliphatic imine (C=N–C) groups is 1. The van der Waals surface area contributed by atoms with E-state index >= 15 is 8.78 Å². The van der Waals surface area contributed by atoms with Crippen LogP contribution < -0.4 is 15.2 Å². The van der Waals surface area contributed by atoms with E-state index in [4.69, 9.17) is 20.6 Å². The molecule has 1 atom stereocenters. The van der Waals surface area contributed by atoms with Gasteiger partial charge in [0.25, 0.3) is 5.88 Å². The highest BCUT2D eigenvalue weighted by Crippen LogP contribution is 2.49. The highest BCUT2D eigenvalue weighted by molar-refractivity contribution is 8.01. The molecule has 0 saturated carbocycles. The summed E-state index contributed by atoms with van der Waals surface area (Å²) in [6, 6.07) is 26.4. The summed E-state index contributed by atoms with van der Waals surface area (Å²) in [5.74, 6) is -5.95. The fourth-order valence-corrected chi connectivity index (χ4v) is 6.64. The normalized spacial score (nSPS) is 14.5. The number of halogens is 2. The Kier molecular flexibility index (Phi) is 9.29. The Hall–Kier alpha value is -5.79. The quantitative estimate of drug-likeness (QED) is 0.0651. The summed E-state index contributed by atoms with van der Waals surface area (Å²) >= 11 is 1.10. The van der Waals surface area contributed by atoms with Gasteiger partial charge in [-0.1, -0.05) is 72.4 Å². The average molecular weight is 682 g/mol. The molecule has 1 aliphatic heterocycles. The van der Waals surface area contributed by atoms with Gasteiger partial charge in [0.05, 0.1) is 6.20 Å². The molecule has 4 aromatic carbocycles. The Bertz CT molecular complexity index is 2030. The van der Waals surface area contributed by atoms with E-state index in [-0.39, 0.29) is 28.6 Å². The Labute approximate surface area is 284 Å². The second-order valence-electron chi connectivity index (χ2n) is 11.0. The minimum atomic E-state index is -1.55. The zero-order valence-corrected chi connectivity index (χ0v) is 26.7. The number of rotatable bonds is 11. The van der Waals surface area contributed by atoms with Gasteiger partial charge in [-0.2, -0.15) is 4.39 Å². The molecule has 0 amide bonds. The van der Waals surface area contributed by atoms with Gasteiger partial charge in [-0.3, -0.25) is 15.3 Å². The molecule has 0 bridgehead atoms. The van der Waals surface area contributed by atoms with Crippen LogP contribution in [0.15, 0.2) is 113 Å². The smallest absolute Gasteiger partial charge is 0.329 e. The van der Waals surface area contributed by atoms with Crippen LogP contribution in [0.5, 0.6) is 28.9 Å². The fraction of sp³-hybridized carbons (Fsp3) is 0.111. The molecular weight excluding hydrogens is 652 g/mol. The van der Waals surface area contributed by atoms with Crippen LogP contribution in [-0.2, 0) is 9.54 Å². The number of aromatic nitrogens is 1. The predicted molar refractivity (Wildman–Crippen MR) is 181 cm³/mol. The van der Waals surface area contributed by atoms with Crippen LogP contribution in [0.2, 0.25) is 0 Å². The van der Waals surface area contributed by atoms with E-state index in [1.54, 1.807) is 66.9 Å². The summed E-state index contributed by atoms with van der Waals surface area (Å²) in [5, 5.41) is 28.7. The molecule has 1 aliphatic rings. The lowest BCUT2D eigenvalue weighted by Gasteiger charge is -2.31. The minimum Gasteiger partial charge on any atom is -0.504 e. The van der Waals surface area contributed by atoms with E-state index in [2.05, 4.69) is 9.98 Å². The van der Waals surface area contributed by atoms with Gasteiger partial charge in [-0.25, -0.2) is 14.2 Å². The van der Waals surface area contributed by atoms with Gasteiger partial charge >= 0.3 is 5.97 Å². The number of pyridine rings is 1.